The van der Waals surface area contributed by atoms with Gasteiger partial charge in [-0.05, 0) is 73.8 Å². The number of anilines is 1. The molecule has 1 heterocycles. The van der Waals surface area contributed by atoms with Crippen LogP contribution < -0.4 is 9.64 Å². The van der Waals surface area contributed by atoms with E-state index in [0.29, 0.717) is 17.7 Å². The SMILES string of the molecule is O=C1/C(=C\c2cc(Br)c(Oc3ccc(C(F)(F)F)cc3[N+](=O)[O-])c(Br)c2)SC(=S)N1c1cccc([N+](=O)[O-])c1. The lowest BCUT2D eigenvalue weighted by atomic mass is 10.1. The second-order valence-corrected chi connectivity index (χ2v) is 11.0. The lowest BCUT2D eigenvalue weighted by molar-refractivity contribution is -0.385. The van der Waals surface area contributed by atoms with Gasteiger partial charge in [-0.2, -0.15) is 13.2 Å². The number of nitro groups is 2. The third-order valence-electron chi connectivity index (χ3n) is 5.11. The minimum atomic E-state index is -4.78. The summed E-state index contributed by atoms with van der Waals surface area (Å²) in [6.07, 6.45) is -3.26. The molecule has 0 aliphatic carbocycles. The molecule has 0 bridgehead atoms. The largest absolute Gasteiger partial charge is 0.448 e. The summed E-state index contributed by atoms with van der Waals surface area (Å²) in [5.74, 6) is -0.877. The number of amides is 1. The van der Waals surface area contributed by atoms with Crippen LogP contribution in [0.5, 0.6) is 11.5 Å². The molecule has 200 valence electrons. The summed E-state index contributed by atoms with van der Waals surface area (Å²) in [6, 6.07) is 10.4. The number of carbonyl (C=O) groups is 1. The van der Waals surface area contributed by atoms with Gasteiger partial charge >= 0.3 is 11.9 Å². The number of thiocarbonyl (C=S) groups is 1. The minimum absolute atomic E-state index is 0.0409. The molecule has 3 aromatic carbocycles. The zero-order valence-electron chi connectivity index (χ0n) is 18.8. The monoisotopic (exact) mass is 703 g/mol. The van der Waals surface area contributed by atoms with E-state index in [-0.39, 0.29) is 35.3 Å². The molecule has 39 heavy (non-hydrogen) atoms. The maximum atomic E-state index is 13.1. The molecule has 3 aromatic rings. The fourth-order valence-electron chi connectivity index (χ4n) is 3.38. The van der Waals surface area contributed by atoms with E-state index in [0.717, 1.165) is 17.8 Å². The highest BCUT2D eigenvalue weighted by molar-refractivity contribution is 9.11. The molecule has 0 spiro atoms. The van der Waals surface area contributed by atoms with Crippen LogP contribution in [0.15, 0.2) is 68.4 Å². The molecule has 0 aromatic heterocycles. The fourth-order valence-corrected chi connectivity index (χ4v) is 6.06. The predicted octanol–water partition coefficient (Wildman–Crippen LogP) is 8.24. The first-order valence-corrected chi connectivity index (χ1v) is 13.1. The van der Waals surface area contributed by atoms with Gasteiger partial charge in [0, 0.05) is 18.2 Å². The molecule has 4 rings (SSSR count). The first-order valence-electron chi connectivity index (χ1n) is 10.3. The Balaban J connectivity index is 1.63. The Hall–Kier alpha value is -3.34. The summed E-state index contributed by atoms with van der Waals surface area (Å²) in [6.45, 7) is 0. The molecule has 1 saturated heterocycles. The van der Waals surface area contributed by atoms with Crippen LogP contribution in [0, 0.1) is 20.2 Å². The van der Waals surface area contributed by atoms with E-state index >= 15 is 0 Å². The molecule has 0 saturated carbocycles. The number of thioether (sulfide) groups is 1. The van der Waals surface area contributed by atoms with Crippen molar-refractivity contribution in [3.8, 4) is 11.5 Å². The van der Waals surface area contributed by atoms with Crippen LogP contribution in [0.25, 0.3) is 6.08 Å². The van der Waals surface area contributed by atoms with Crippen molar-refractivity contribution in [2.45, 2.75) is 6.18 Å². The van der Waals surface area contributed by atoms with Crippen molar-refractivity contribution in [2.24, 2.45) is 0 Å². The molecule has 0 unspecified atom stereocenters. The van der Waals surface area contributed by atoms with Crippen molar-refractivity contribution in [2.75, 3.05) is 4.90 Å². The summed E-state index contributed by atoms with van der Waals surface area (Å²) in [7, 11) is 0. The number of hydrogen-bond acceptors (Lipinski definition) is 8. The number of carbonyl (C=O) groups excluding carboxylic acids is 1. The standard InChI is InChI=1S/C23H10Br2F3N3O6S2/c24-15-6-11(8-19-21(32)29(22(38)39-19)13-2-1-3-14(10-13)30(33)34)7-16(25)20(15)37-18-5-4-12(23(26,27)28)9-17(18)31(35)36/h1-10H/b19-8+. The first-order chi connectivity index (χ1) is 18.3. The zero-order chi connectivity index (χ0) is 28.6. The van der Waals surface area contributed by atoms with Gasteiger partial charge in [0.25, 0.3) is 11.6 Å². The van der Waals surface area contributed by atoms with E-state index in [2.05, 4.69) is 31.9 Å². The maximum Gasteiger partial charge on any atom is 0.416 e. The normalized spacial score (nSPS) is 14.7. The van der Waals surface area contributed by atoms with Crippen LogP contribution in [0.4, 0.5) is 30.2 Å². The molecule has 1 fully saturated rings. The second kappa shape index (κ2) is 11.0. The molecule has 0 radical (unpaired) electrons. The average molecular weight is 705 g/mol. The number of nitro benzene ring substituents is 2. The molecule has 9 nitrogen and oxygen atoms in total. The Labute approximate surface area is 243 Å². The minimum Gasteiger partial charge on any atom is -0.448 e. The highest BCUT2D eigenvalue weighted by Crippen LogP contribution is 2.44. The van der Waals surface area contributed by atoms with Gasteiger partial charge in [-0.15, -0.1) is 0 Å². The van der Waals surface area contributed by atoms with Gasteiger partial charge in [0.1, 0.15) is 0 Å². The van der Waals surface area contributed by atoms with Gasteiger partial charge in [0.05, 0.1) is 34.9 Å². The third-order valence-corrected chi connectivity index (χ3v) is 7.59. The Bertz CT molecular complexity index is 1580. The topological polar surface area (TPSA) is 116 Å². The van der Waals surface area contributed by atoms with Gasteiger partial charge in [0.15, 0.2) is 10.1 Å². The number of non-ortho nitro benzene ring substituents is 1. The van der Waals surface area contributed by atoms with Gasteiger partial charge in [-0.3, -0.25) is 29.9 Å². The van der Waals surface area contributed by atoms with Gasteiger partial charge in [-0.25, -0.2) is 0 Å². The van der Waals surface area contributed by atoms with Crippen LogP contribution in [0.1, 0.15) is 11.1 Å². The van der Waals surface area contributed by atoms with E-state index in [1.807, 2.05) is 0 Å². The smallest absolute Gasteiger partial charge is 0.416 e. The van der Waals surface area contributed by atoms with Crippen molar-refractivity contribution < 1.29 is 32.5 Å². The van der Waals surface area contributed by atoms with Crippen LogP contribution in [0.3, 0.4) is 0 Å². The van der Waals surface area contributed by atoms with Crippen LogP contribution in [0.2, 0.25) is 0 Å². The van der Waals surface area contributed by atoms with Crippen molar-refractivity contribution in [1.29, 1.82) is 0 Å². The molecule has 0 N–H and O–H groups in total. The Morgan fingerprint density at radius 3 is 2.26 bits per heavy atom. The summed E-state index contributed by atoms with van der Waals surface area (Å²) in [4.78, 5) is 35.4. The van der Waals surface area contributed by atoms with E-state index < -0.39 is 38.9 Å². The number of halogens is 5. The Morgan fingerprint density at radius 1 is 1.00 bits per heavy atom. The summed E-state index contributed by atoms with van der Waals surface area (Å²) >= 11 is 12.9. The summed E-state index contributed by atoms with van der Waals surface area (Å²) in [5, 5.41) is 22.5. The molecule has 1 aliphatic heterocycles. The maximum absolute atomic E-state index is 13.1. The third kappa shape index (κ3) is 6.13. The van der Waals surface area contributed by atoms with E-state index in [1.54, 1.807) is 0 Å². The predicted molar refractivity (Wildman–Crippen MR) is 149 cm³/mol. The highest BCUT2D eigenvalue weighted by atomic mass is 79.9. The van der Waals surface area contributed by atoms with Gasteiger partial charge < -0.3 is 4.74 Å². The highest BCUT2D eigenvalue weighted by Gasteiger charge is 2.35. The average Bonchev–Trinajstić information content (AvgIpc) is 3.13. The van der Waals surface area contributed by atoms with Crippen LogP contribution >= 0.6 is 55.8 Å². The number of hydrogen-bond donors (Lipinski definition) is 0. The molecule has 16 heteroatoms. The second-order valence-electron chi connectivity index (χ2n) is 7.65. The number of nitrogens with zero attached hydrogens (tertiary/aromatic N) is 3. The first kappa shape index (κ1) is 28.7. The van der Waals surface area contributed by atoms with E-state index in [9.17, 15) is 38.2 Å². The number of ether oxygens (including phenoxy) is 1. The summed E-state index contributed by atoms with van der Waals surface area (Å²) < 4.78 is 45.3. The van der Waals surface area contributed by atoms with E-state index in [1.165, 1.54) is 47.4 Å². The number of benzene rings is 3. The molecular formula is C23H10Br2F3N3O6S2. The summed E-state index contributed by atoms with van der Waals surface area (Å²) in [5.41, 5.74) is -1.57. The molecular weight excluding hydrogens is 695 g/mol. The van der Waals surface area contributed by atoms with Crippen LogP contribution in [-0.2, 0) is 11.0 Å². The lowest BCUT2D eigenvalue weighted by Crippen LogP contribution is -2.27. The van der Waals surface area contributed by atoms with Gasteiger partial charge in [-0.1, -0.05) is 30.0 Å². The van der Waals surface area contributed by atoms with Crippen molar-refractivity contribution in [3.05, 3.63) is 99.8 Å². The van der Waals surface area contributed by atoms with E-state index in [4.69, 9.17) is 17.0 Å². The quantitative estimate of drug-likeness (QED) is 0.109. The molecule has 1 aliphatic rings. The van der Waals surface area contributed by atoms with Crippen molar-refractivity contribution >= 4 is 89.2 Å². The van der Waals surface area contributed by atoms with Crippen molar-refractivity contribution in [1.82, 2.24) is 0 Å². The molecule has 1 amide bonds. The number of rotatable bonds is 6. The van der Waals surface area contributed by atoms with Crippen LogP contribution in [-0.4, -0.2) is 20.1 Å². The van der Waals surface area contributed by atoms with Gasteiger partial charge in [0.2, 0.25) is 5.75 Å². The van der Waals surface area contributed by atoms with Crippen molar-refractivity contribution in [3.63, 3.8) is 0 Å². The molecule has 0 atom stereocenters. The zero-order valence-corrected chi connectivity index (χ0v) is 23.6. The number of alkyl halides is 3. The lowest BCUT2D eigenvalue weighted by Gasteiger charge is -2.14. The Kier molecular flexibility index (Phi) is 8.11. The Morgan fingerprint density at radius 2 is 1.67 bits per heavy atom. The fraction of sp³-hybridized carbons (Fsp3) is 0.0435.